The van der Waals surface area contributed by atoms with Crippen molar-refractivity contribution >= 4 is 11.6 Å². The largest absolute Gasteiger partial charge is 0.492 e. The molecular weight excluding hydrogens is 184 g/mol. The molecule has 0 spiro atoms. The summed E-state index contributed by atoms with van der Waals surface area (Å²) in [5.41, 5.74) is 0.639. The van der Waals surface area contributed by atoms with Crippen LogP contribution in [0.4, 0.5) is 0 Å². The zero-order valence-electron chi connectivity index (χ0n) is 7.79. The SMILES string of the molecule is COC1=C(C)C(=O)c2ccoc2C1=O. The maximum Gasteiger partial charge on any atom is 0.263 e. The van der Waals surface area contributed by atoms with Crippen molar-refractivity contribution in [2.45, 2.75) is 6.92 Å². The number of rotatable bonds is 1. The van der Waals surface area contributed by atoms with Crippen molar-refractivity contribution in [2.24, 2.45) is 0 Å². The van der Waals surface area contributed by atoms with Crippen LogP contribution in [0.25, 0.3) is 0 Å². The molecule has 0 fully saturated rings. The smallest absolute Gasteiger partial charge is 0.263 e. The van der Waals surface area contributed by atoms with Crippen LogP contribution >= 0.6 is 0 Å². The van der Waals surface area contributed by atoms with E-state index < -0.39 is 0 Å². The molecule has 0 bridgehead atoms. The molecule has 0 aliphatic heterocycles. The summed E-state index contributed by atoms with van der Waals surface area (Å²) < 4.78 is 9.80. The molecule has 14 heavy (non-hydrogen) atoms. The first kappa shape index (κ1) is 8.74. The molecule has 0 saturated carbocycles. The quantitative estimate of drug-likeness (QED) is 0.677. The lowest BCUT2D eigenvalue weighted by Gasteiger charge is -2.13. The monoisotopic (exact) mass is 192 g/mol. The van der Waals surface area contributed by atoms with Gasteiger partial charge in [0.2, 0.25) is 0 Å². The number of fused-ring (bicyclic) bond motifs is 1. The number of methoxy groups -OCH3 is 1. The molecule has 4 nitrogen and oxygen atoms in total. The fourth-order valence-electron chi connectivity index (χ4n) is 1.49. The first-order valence-electron chi connectivity index (χ1n) is 4.08. The van der Waals surface area contributed by atoms with Crippen LogP contribution in [0.3, 0.4) is 0 Å². The Morgan fingerprint density at radius 2 is 2.00 bits per heavy atom. The van der Waals surface area contributed by atoms with E-state index in [9.17, 15) is 9.59 Å². The number of Topliss-reactive ketones (excluding diaryl/α,β-unsaturated/α-hetero) is 2. The van der Waals surface area contributed by atoms with Crippen LogP contribution in [-0.4, -0.2) is 18.7 Å². The van der Waals surface area contributed by atoms with Gasteiger partial charge in [-0.15, -0.1) is 0 Å². The van der Waals surface area contributed by atoms with Crippen molar-refractivity contribution in [3.63, 3.8) is 0 Å². The van der Waals surface area contributed by atoms with E-state index in [0.717, 1.165) is 0 Å². The van der Waals surface area contributed by atoms with Crippen molar-refractivity contribution < 1.29 is 18.7 Å². The highest BCUT2D eigenvalue weighted by Crippen LogP contribution is 2.26. The third kappa shape index (κ3) is 0.937. The molecule has 1 aromatic rings. The fraction of sp³-hybridized carbons (Fsp3) is 0.200. The van der Waals surface area contributed by atoms with Gasteiger partial charge in [-0.05, 0) is 13.0 Å². The molecule has 1 aromatic heterocycles. The predicted molar refractivity (Wildman–Crippen MR) is 47.1 cm³/mol. The number of ketones is 2. The molecule has 1 heterocycles. The predicted octanol–water partition coefficient (Wildman–Crippen LogP) is 1.58. The second-order valence-electron chi connectivity index (χ2n) is 2.98. The third-order valence-electron chi connectivity index (χ3n) is 2.21. The van der Waals surface area contributed by atoms with Gasteiger partial charge in [-0.1, -0.05) is 0 Å². The summed E-state index contributed by atoms with van der Waals surface area (Å²) in [5.74, 6) is -0.454. The Morgan fingerprint density at radius 3 is 2.64 bits per heavy atom. The summed E-state index contributed by atoms with van der Waals surface area (Å²) >= 11 is 0. The van der Waals surface area contributed by atoms with Gasteiger partial charge in [0.25, 0.3) is 5.78 Å². The van der Waals surface area contributed by atoms with E-state index in [1.165, 1.54) is 19.4 Å². The number of carbonyl (C=O) groups is 2. The van der Waals surface area contributed by atoms with Crippen LogP contribution in [-0.2, 0) is 4.74 Å². The van der Waals surface area contributed by atoms with Crippen molar-refractivity contribution in [3.8, 4) is 0 Å². The number of hydrogen-bond donors (Lipinski definition) is 0. The Bertz CT molecular complexity index is 450. The summed E-state index contributed by atoms with van der Waals surface area (Å²) in [6.45, 7) is 1.56. The zero-order valence-corrected chi connectivity index (χ0v) is 7.79. The number of hydrogen-bond acceptors (Lipinski definition) is 4. The fourth-order valence-corrected chi connectivity index (χ4v) is 1.49. The van der Waals surface area contributed by atoms with Gasteiger partial charge in [0.05, 0.1) is 18.9 Å². The molecule has 1 aliphatic rings. The van der Waals surface area contributed by atoms with Gasteiger partial charge >= 0.3 is 0 Å². The standard InChI is InChI=1S/C10H8O4/c1-5-7(11)6-3-4-14-10(6)8(12)9(5)13-2/h3-4H,1-2H3. The van der Waals surface area contributed by atoms with Gasteiger partial charge in [-0.2, -0.15) is 0 Å². The molecule has 0 amide bonds. The van der Waals surface area contributed by atoms with E-state index in [4.69, 9.17) is 9.15 Å². The summed E-state index contributed by atoms with van der Waals surface area (Å²) in [6, 6.07) is 1.49. The molecule has 2 rings (SSSR count). The average molecular weight is 192 g/mol. The summed E-state index contributed by atoms with van der Waals surface area (Å²) in [4.78, 5) is 23.3. The molecule has 0 atom stereocenters. The second-order valence-corrected chi connectivity index (χ2v) is 2.98. The third-order valence-corrected chi connectivity index (χ3v) is 2.21. The lowest BCUT2D eigenvalue weighted by atomic mass is 9.95. The van der Waals surface area contributed by atoms with E-state index in [-0.39, 0.29) is 23.1 Å². The highest BCUT2D eigenvalue weighted by atomic mass is 16.5. The van der Waals surface area contributed by atoms with Crippen molar-refractivity contribution in [1.29, 1.82) is 0 Å². The highest BCUT2D eigenvalue weighted by Gasteiger charge is 2.33. The Morgan fingerprint density at radius 1 is 1.29 bits per heavy atom. The Hall–Kier alpha value is -1.84. The number of allylic oxidation sites excluding steroid dienone is 2. The van der Waals surface area contributed by atoms with E-state index in [0.29, 0.717) is 11.1 Å². The molecule has 0 saturated heterocycles. The van der Waals surface area contributed by atoms with Crippen LogP contribution in [0.15, 0.2) is 28.1 Å². The normalized spacial score (nSPS) is 15.9. The first-order chi connectivity index (χ1) is 6.66. The summed E-state index contributed by atoms with van der Waals surface area (Å²) in [7, 11) is 1.36. The van der Waals surface area contributed by atoms with E-state index in [1.54, 1.807) is 6.92 Å². The molecule has 4 heteroatoms. The van der Waals surface area contributed by atoms with Crippen LogP contribution in [0.1, 0.15) is 27.8 Å². The lowest BCUT2D eigenvalue weighted by Crippen LogP contribution is -2.20. The maximum atomic E-state index is 11.6. The zero-order chi connectivity index (χ0) is 10.3. The Labute approximate surface area is 80.2 Å². The number of furan rings is 1. The molecular formula is C10H8O4. The maximum absolute atomic E-state index is 11.6. The second kappa shape index (κ2) is 2.83. The molecule has 0 aromatic carbocycles. The average Bonchev–Trinajstić information content (AvgIpc) is 2.64. The van der Waals surface area contributed by atoms with E-state index >= 15 is 0 Å². The minimum absolute atomic E-state index is 0.0671. The van der Waals surface area contributed by atoms with Crippen molar-refractivity contribution in [3.05, 3.63) is 35.0 Å². The molecule has 0 radical (unpaired) electrons. The lowest BCUT2D eigenvalue weighted by molar-refractivity contribution is 0.0882. The minimum Gasteiger partial charge on any atom is -0.492 e. The van der Waals surface area contributed by atoms with Gasteiger partial charge in [0.1, 0.15) is 0 Å². The van der Waals surface area contributed by atoms with Crippen molar-refractivity contribution in [2.75, 3.05) is 7.11 Å². The minimum atomic E-state index is -0.371. The Balaban J connectivity index is 2.66. The van der Waals surface area contributed by atoms with Gasteiger partial charge in [0.15, 0.2) is 17.3 Å². The summed E-state index contributed by atoms with van der Waals surface area (Å²) in [5, 5.41) is 0. The van der Waals surface area contributed by atoms with E-state index in [1.807, 2.05) is 0 Å². The molecule has 0 unspecified atom stereocenters. The summed E-state index contributed by atoms with van der Waals surface area (Å²) in [6.07, 6.45) is 1.33. The first-order valence-corrected chi connectivity index (χ1v) is 4.08. The number of carbonyl (C=O) groups excluding carboxylic acids is 2. The van der Waals surface area contributed by atoms with Crippen LogP contribution < -0.4 is 0 Å². The number of ether oxygens (including phenoxy) is 1. The van der Waals surface area contributed by atoms with Crippen LogP contribution in [0.2, 0.25) is 0 Å². The van der Waals surface area contributed by atoms with E-state index in [2.05, 4.69) is 0 Å². The van der Waals surface area contributed by atoms with Gasteiger partial charge in [-0.25, -0.2) is 0 Å². The highest BCUT2D eigenvalue weighted by molar-refractivity contribution is 6.24. The van der Waals surface area contributed by atoms with Crippen LogP contribution in [0, 0.1) is 0 Å². The topological polar surface area (TPSA) is 56.5 Å². The van der Waals surface area contributed by atoms with Gasteiger partial charge in [0, 0.05) is 5.57 Å². The van der Waals surface area contributed by atoms with Crippen molar-refractivity contribution in [1.82, 2.24) is 0 Å². The van der Waals surface area contributed by atoms with Crippen LogP contribution in [0.5, 0.6) is 0 Å². The molecule has 1 aliphatic carbocycles. The van der Waals surface area contributed by atoms with Gasteiger partial charge < -0.3 is 9.15 Å². The van der Waals surface area contributed by atoms with Gasteiger partial charge in [-0.3, -0.25) is 9.59 Å². The molecule has 72 valence electrons. The molecule has 0 N–H and O–H groups in total. The Kier molecular flexibility index (Phi) is 1.77.